The van der Waals surface area contributed by atoms with E-state index in [1.807, 2.05) is 11.3 Å². The SMILES string of the molecule is Cc1ccccc1-c1cccc(N(c2ccccc2)c2ccc(-c3ccc(N(c4ccccc4)c4cccc5c4sc4ccccc45)cc3)cc2)c1S. The largest absolute Gasteiger partial charge is 0.309 e. The molecule has 0 aliphatic heterocycles. The van der Waals surface area contributed by atoms with Gasteiger partial charge in [0.25, 0.3) is 0 Å². The number of hydrogen-bond donors (Lipinski definition) is 1. The Morgan fingerprint density at radius 3 is 1.51 bits per heavy atom. The maximum atomic E-state index is 5.15. The molecule has 0 aliphatic carbocycles. The summed E-state index contributed by atoms with van der Waals surface area (Å²) in [6, 6.07) is 69.3. The first kappa shape index (κ1) is 32.8. The molecule has 0 unspecified atom stereocenters. The van der Waals surface area contributed by atoms with Crippen molar-refractivity contribution < 1.29 is 0 Å². The lowest BCUT2D eigenvalue weighted by Crippen LogP contribution is -2.11. The number of anilines is 6. The van der Waals surface area contributed by atoms with Gasteiger partial charge in [-0.25, -0.2) is 0 Å². The summed E-state index contributed by atoms with van der Waals surface area (Å²) in [7, 11) is 0. The Morgan fingerprint density at radius 1 is 0.396 bits per heavy atom. The second-order valence-corrected chi connectivity index (χ2v) is 14.7. The number of nitrogens with zero attached hydrogens (tertiary/aromatic N) is 2. The van der Waals surface area contributed by atoms with Gasteiger partial charge in [0.05, 0.1) is 16.1 Å². The Morgan fingerprint density at radius 2 is 0.868 bits per heavy atom. The van der Waals surface area contributed by atoms with Crippen LogP contribution in [0.25, 0.3) is 42.4 Å². The molecule has 0 saturated carbocycles. The second kappa shape index (κ2) is 14.2. The van der Waals surface area contributed by atoms with Gasteiger partial charge in [0.1, 0.15) is 0 Å². The summed E-state index contributed by atoms with van der Waals surface area (Å²) in [5.41, 5.74) is 12.5. The lowest BCUT2D eigenvalue weighted by atomic mass is 9.99. The number of benzene rings is 8. The predicted octanol–water partition coefficient (Wildman–Crippen LogP) is 14.9. The summed E-state index contributed by atoms with van der Waals surface area (Å²) in [6.07, 6.45) is 0. The number of para-hydroxylation sites is 2. The van der Waals surface area contributed by atoms with Gasteiger partial charge in [0, 0.05) is 43.1 Å². The number of aryl methyl sites for hydroxylation is 1. The van der Waals surface area contributed by atoms with Gasteiger partial charge in [-0.3, -0.25) is 0 Å². The third-order valence-electron chi connectivity index (χ3n) is 9.93. The van der Waals surface area contributed by atoms with E-state index in [4.69, 9.17) is 12.6 Å². The summed E-state index contributed by atoms with van der Waals surface area (Å²) >= 11 is 7.01. The molecule has 0 radical (unpaired) electrons. The van der Waals surface area contributed by atoms with Gasteiger partial charge in [-0.15, -0.1) is 24.0 Å². The molecule has 9 aromatic rings. The molecule has 0 atom stereocenters. The molecule has 0 N–H and O–H groups in total. The first-order chi connectivity index (χ1) is 26.1. The molecule has 0 spiro atoms. The quantitative estimate of drug-likeness (QED) is 0.156. The van der Waals surface area contributed by atoms with E-state index in [-0.39, 0.29) is 0 Å². The smallest absolute Gasteiger partial charge is 0.0640 e. The molecule has 9 rings (SSSR count). The Balaban J connectivity index is 1.08. The van der Waals surface area contributed by atoms with Crippen LogP contribution in [0.2, 0.25) is 0 Å². The molecular weight excluding hydrogens is 681 g/mol. The maximum Gasteiger partial charge on any atom is 0.0640 e. The summed E-state index contributed by atoms with van der Waals surface area (Å²) in [6.45, 7) is 2.15. The molecule has 2 nitrogen and oxygen atoms in total. The van der Waals surface area contributed by atoms with Gasteiger partial charge in [-0.2, -0.15) is 0 Å². The molecule has 8 aromatic carbocycles. The van der Waals surface area contributed by atoms with E-state index in [9.17, 15) is 0 Å². The van der Waals surface area contributed by atoms with Gasteiger partial charge in [-0.1, -0.05) is 127 Å². The van der Waals surface area contributed by atoms with E-state index >= 15 is 0 Å². The van der Waals surface area contributed by atoms with Crippen LogP contribution < -0.4 is 9.80 Å². The molecule has 0 aliphatic rings. The van der Waals surface area contributed by atoms with Crippen LogP contribution in [-0.4, -0.2) is 0 Å². The van der Waals surface area contributed by atoms with Crippen LogP contribution in [0.1, 0.15) is 5.56 Å². The summed E-state index contributed by atoms with van der Waals surface area (Å²) < 4.78 is 2.59. The molecule has 1 heterocycles. The van der Waals surface area contributed by atoms with Crippen LogP contribution in [-0.2, 0) is 0 Å². The monoisotopic (exact) mass is 716 g/mol. The van der Waals surface area contributed by atoms with Crippen LogP contribution in [0.5, 0.6) is 0 Å². The zero-order valence-corrected chi connectivity index (χ0v) is 30.9. The van der Waals surface area contributed by atoms with E-state index in [1.165, 1.54) is 37.0 Å². The fourth-order valence-corrected chi connectivity index (χ4v) is 8.90. The fraction of sp³-hybridized carbons (Fsp3) is 0.0204. The van der Waals surface area contributed by atoms with Crippen molar-refractivity contribution in [3.05, 3.63) is 200 Å². The van der Waals surface area contributed by atoms with Gasteiger partial charge in [-0.05, 0) is 101 Å². The number of hydrogen-bond acceptors (Lipinski definition) is 4. The Hall–Kier alpha value is -6.07. The minimum Gasteiger partial charge on any atom is -0.309 e. The van der Waals surface area contributed by atoms with E-state index in [1.54, 1.807) is 0 Å². The number of rotatable bonds is 8. The Bertz CT molecular complexity index is 2680. The van der Waals surface area contributed by atoms with Crippen molar-refractivity contribution >= 4 is 78.3 Å². The van der Waals surface area contributed by atoms with Gasteiger partial charge >= 0.3 is 0 Å². The van der Waals surface area contributed by atoms with E-state index < -0.39 is 0 Å². The van der Waals surface area contributed by atoms with Crippen LogP contribution >= 0.6 is 24.0 Å². The highest BCUT2D eigenvalue weighted by molar-refractivity contribution is 7.80. The zero-order valence-electron chi connectivity index (χ0n) is 29.2. The standard InChI is InChI=1S/C49H36N2S2/c1-34-14-8-9-19-41(34)43-21-12-23-45(48(43)52)50(37-15-4-2-5-16-37)39-30-26-35(27-31-39)36-28-32-40(33-29-36)51(38-17-6-3-7-18-38)46-24-13-22-44-42-20-10-11-25-47(42)53-49(44)46/h2-33,52H,1H3. The zero-order chi connectivity index (χ0) is 35.7. The Labute approximate surface area is 320 Å². The molecule has 0 amide bonds. The van der Waals surface area contributed by atoms with E-state index in [0.29, 0.717) is 0 Å². The average Bonchev–Trinajstić information content (AvgIpc) is 3.60. The van der Waals surface area contributed by atoms with E-state index in [2.05, 4.69) is 211 Å². The van der Waals surface area contributed by atoms with Gasteiger partial charge in [0.15, 0.2) is 0 Å². The third-order valence-corrected chi connectivity index (χ3v) is 11.6. The topological polar surface area (TPSA) is 6.48 Å². The summed E-state index contributed by atoms with van der Waals surface area (Å²) in [5, 5.41) is 2.59. The lowest BCUT2D eigenvalue weighted by Gasteiger charge is -2.28. The highest BCUT2D eigenvalue weighted by Gasteiger charge is 2.20. The molecule has 0 saturated heterocycles. The van der Waals surface area contributed by atoms with Gasteiger partial charge < -0.3 is 9.80 Å². The highest BCUT2D eigenvalue weighted by atomic mass is 32.1. The molecule has 1 aromatic heterocycles. The first-order valence-corrected chi connectivity index (χ1v) is 19.1. The van der Waals surface area contributed by atoms with Crippen LogP contribution in [0, 0.1) is 6.92 Å². The van der Waals surface area contributed by atoms with Crippen molar-refractivity contribution in [2.24, 2.45) is 0 Å². The van der Waals surface area contributed by atoms with Crippen LogP contribution in [0.4, 0.5) is 34.1 Å². The van der Waals surface area contributed by atoms with E-state index in [0.717, 1.165) is 50.0 Å². The molecule has 0 fully saturated rings. The predicted molar refractivity (Wildman–Crippen MR) is 232 cm³/mol. The first-order valence-electron chi connectivity index (χ1n) is 17.8. The number of thiol groups is 1. The van der Waals surface area contributed by atoms with Crippen molar-refractivity contribution in [3.63, 3.8) is 0 Å². The van der Waals surface area contributed by atoms with Crippen LogP contribution in [0.3, 0.4) is 0 Å². The molecule has 4 heteroatoms. The molecule has 53 heavy (non-hydrogen) atoms. The normalized spacial score (nSPS) is 11.2. The highest BCUT2D eigenvalue weighted by Crippen LogP contribution is 2.46. The van der Waals surface area contributed by atoms with Crippen molar-refractivity contribution in [2.75, 3.05) is 9.80 Å². The minimum atomic E-state index is 0.944. The minimum absolute atomic E-state index is 0.944. The van der Waals surface area contributed by atoms with Gasteiger partial charge in [0.2, 0.25) is 0 Å². The Kier molecular flexibility index (Phi) is 8.76. The molecule has 254 valence electrons. The average molecular weight is 717 g/mol. The lowest BCUT2D eigenvalue weighted by molar-refractivity contribution is 1.23. The number of fused-ring (bicyclic) bond motifs is 3. The fourth-order valence-electron chi connectivity index (χ4n) is 7.33. The second-order valence-electron chi connectivity index (χ2n) is 13.2. The maximum absolute atomic E-state index is 5.15. The number of thiophene rings is 1. The summed E-state index contributed by atoms with van der Waals surface area (Å²) in [4.78, 5) is 5.62. The third kappa shape index (κ3) is 6.16. The van der Waals surface area contributed by atoms with Crippen molar-refractivity contribution in [2.45, 2.75) is 11.8 Å². The molecular formula is C49H36N2S2. The van der Waals surface area contributed by atoms with Crippen molar-refractivity contribution in [1.29, 1.82) is 0 Å². The van der Waals surface area contributed by atoms with Crippen molar-refractivity contribution in [3.8, 4) is 22.3 Å². The van der Waals surface area contributed by atoms with Crippen LogP contribution in [0.15, 0.2) is 199 Å². The summed E-state index contributed by atoms with van der Waals surface area (Å²) in [5.74, 6) is 0. The molecule has 0 bridgehead atoms. The van der Waals surface area contributed by atoms with Crippen molar-refractivity contribution in [1.82, 2.24) is 0 Å².